The molecule has 0 rings (SSSR count). The van der Waals surface area contributed by atoms with Crippen LogP contribution in [0.25, 0.3) is 0 Å². The molecular weight excluding hydrogens is 196 g/mol. The van der Waals surface area contributed by atoms with Crippen LogP contribution in [0.3, 0.4) is 0 Å². The Labute approximate surface area is 103 Å². The minimum atomic E-state index is 1.33. The van der Waals surface area contributed by atoms with Crippen LogP contribution >= 0.6 is 0 Å². The highest BCUT2D eigenvalue weighted by Crippen LogP contribution is 2.12. The van der Waals surface area contributed by atoms with E-state index in [1.165, 1.54) is 56.3 Å². The quantitative estimate of drug-likeness (QED) is 0.444. The summed E-state index contributed by atoms with van der Waals surface area (Å²) >= 11 is 0. The summed E-state index contributed by atoms with van der Waals surface area (Å²) in [5.41, 5.74) is 0. The zero-order valence-electron chi connectivity index (χ0n) is 12.3. The van der Waals surface area contributed by atoms with Gasteiger partial charge in [-0.3, -0.25) is 0 Å². The molecule has 2 heteroatoms. The van der Waals surface area contributed by atoms with Gasteiger partial charge in [0.25, 0.3) is 0 Å². The molecule has 0 saturated carbocycles. The van der Waals surface area contributed by atoms with Crippen LogP contribution in [0.1, 0.15) is 53.4 Å². The number of nitrogens with zero attached hydrogens (tertiary/aromatic N) is 2. The monoisotopic (exact) mass is 229 g/mol. The lowest BCUT2D eigenvalue weighted by molar-refractivity contribution is -0.928. The molecule has 0 heterocycles. The fourth-order valence-electron chi connectivity index (χ4n) is 2.57. The summed E-state index contributed by atoms with van der Waals surface area (Å²) in [6.45, 7) is 17.9. The van der Waals surface area contributed by atoms with E-state index in [1.54, 1.807) is 7.05 Å². The molecule has 2 nitrogen and oxygen atoms in total. The van der Waals surface area contributed by atoms with E-state index in [0.29, 0.717) is 0 Å². The van der Waals surface area contributed by atoms with E-state index in [2.05, 4.69) is 39.4 Å². The zero-order chi connectivity index (χ0) is 12.9. The van der Waals surface area contributed by atoms with Gasteiger partial charge < -0.3 is 9.48 Å². The molecule has 0 aromatic carbocycles. The molecule has 0 radical (unpaired) electrons. The van der Waals surface area contributed by atoms with Crippen LogP contribution < -0.4 is 0 Å². The molecule has 0 aliphatic carbocycles. The van der Waals surface area contributed by atoms with E-state index < -0.39 is 0 Å². The summed E-state index contributed by atoms with van der Waals surface area (Å²) in [5.74, 6) is 0. The van der Waals surface area contributed by atoms with Crippen molar-refractivity contribution in [3.8, 4) is 0 Å². The average Bonchev–Trinajstić information content (AvgIpc) is 2.20. The molecule has 0 saturated heterocycles. The van der Waals surface area contributed by atoms with Crippen molar-refractivity contribution in [2.75, 3.05) is 33.2 Å². The third-order valence-electron chi connectivity index (χ3n) is 2.79. The molecule has 0 amide bonds. The summed E-state index contributed by atoms with van der Waals surface area (Å²) < 4.78 is 1.38. The standard InChI is InChI=1S/C12H28N.C2H5N/c1-5-9-13(10-6-2,11-7-3)12-8-4;1-3-2/h5-12H2,1-4H3;1H2,2H3/q+1;. The van der Waals surface area contributed by atoms with Gasteiger partial charge in [0.15, 0.2) is 0 Å². The molecule has 0 unspecified atom stereocenters. The van der Waals surface area contributed by atoms with E-state index in [1.807, 2.05) is 0 Å². The van der Waals surface area contributed by atoms with Crippen molar-refractivity contribution in [3.63, 3.8) is 0 Å². The lowest BCUT2D eigenvalue weighted by Gasteiger charge is -2.38. The van der Waals surface area contributed by atoms with Gasteiger partial charge in [-0.1, -0.05) is 27.7 Å². The Bertz CT molecular complexity index is 114. The van der Waals surface area contributed by atoms with Gasteiger partial charge in [0, 0.05) is 7.05 Å². The Morgan fingerprint density at radius 1 is 0.750 bits per heavy atom. The van der Waals surface area contributed by atoms with E-state index in [9.17, 15) is 0 Å². The maximum absolute atomic E-state index is 3.25. The van der Waals surface area contributed by atoms with Crippen LogP contribution in [0.15, 0.2) is 4.99 Å². The zero-order valence-corrected chi connectivity index (χ0v) is 12.3. The minimum Gasteiger partial charge on any atom is -0.324 e. The fraction of sp³-hybridized carbons (Fsp3) is 0.929. The topological polar surface area (TPSA) is 12.4 Å². The van der Waals surface area contributed by atoms with Crippen LogP contribution in [0.5, 0.6) is 0 Å². The van der Waals surface area contributed by atoms with Gasteiger partial charge in [0.05, 0.1) is 26.2 Å². The molecular formula is C14H33N2+. The number of hydrogen-bond donors (Lipinski definition) is 0. The smallest absolute Gasteiger partial charge is 0.0783 e. The van der Waals surface area contributed by atoms with Crippen molar-refractivity contribution in [2.45, 2.75) is 53.4 Å². The number of quaternary nitrogens is 1. The second-order valence-corrected chi connectivity index (χ2v) is 4.55. The van der Waals surface area contributed by atoms with Gasteiger partial charge in [-0.05, 0) is 32.4 Å². The van der Waals surface area contributed by atoms with E-state index in [-0.39, 0.29) is 0 Å². The van der Waals surface area contributed by atoms with Crippen LogP contribution in [-0.2, 0) is 0 Å². The molecule has 0 N–H and O–H groups in total. The van der Waals surface area contributed by atoms with Crippen LogP contribution in [0, 0.1) is 0 Å². The highest BCUT2D eigenvalue weighted by molar-refractivity contribution is 5.22. The third-order valence-corrected chi connectivity index (χ3v) is 2.79. The van der Waals surface area contributed by atoms with E-state index >= 15 is 0 Å². The summed E-state index contributed by atoms with van der Waals surface area (Å²) in [4.78, 5) is 3.25. The lowest BCUT2D eigenvalue weighted by atomic mass is 10.2. The predicted octanol–water partition coefficient (Wildman–Crippen LogP) is 3.76. The Morgan fingerprint density at radius 2 is 0.938 bits per heavy atom. The summed E-state index contributed by atoms with van der Waals surface area (Å²) in [7, 11) is 1.64. The molecule has 0 aromatic heterocycles. The Kier molecular flexibility index (Phi) is 14.3. The van der Waals surface area contributed by atoms with Crippen molar-refractivity contribution in [1.29, 1.82) is 0 Å². The van der Waals surface area contributed by atoms with Gasteiger partial charge in [0.2, 0.25) is 0 Å². The van der Waals surface area contributed by atoms with Crippen LogP contribution in [0.2, 0.25) is 0 Å². The van der Waals surface area contributed by atoms with Crippen molar-refractivity contribution in [3.05, 3.63) is 0 Å². The van der Waals surface area contributed by atoms with Crippen molar-refractivity contribution < 1.29 is 4.48 Å². The normalized spacial score (nSPS) is 10.6. The first-order chi connectivity index (χ1) is 7.66. The predicted molar refractivity (Wildman–Crippen MR) is 76.4 cm³/mol. The largest absolute Gasteiger partial charge is 0.324 e. The molecule has 0 aliphatic rings. The Morgan fingerprint density at radius 3 is 1.06 bits per heavy atom. The maximum atomic E-state index is 3.25. The summed E-state index contributed by atoms with van der Waals surface area (Å²) in [5, 5.41) is 0. The Balaban J connectivity index is 0. The molecule has 0 aliphatic heterocycles. The average molecular weight is 229 g/mol. The number of aliphatic imine (C=N–C) groups is 1. The second kappa shape index (κ2) is 12.7. The lowest BCUT2D eigenvalue weighted by Crippen LogP contribution is -2.50. The molecule has 0 atom stereocenters. The fourth-order valence-corrected chi connectivity index (χ4v) is 2.57. The highest BCUT2D eigenvalue weighted by Gasteiger charge is 2.22. The van der Waals surface area contributed by atoms with Gasteiger partial charge in [-0.15, -0.1) is 0 Å². The van der Waals surface area contributed by atoms with Crippen molar-refractivity contribution >= 4 is 6.72 Å². The van der Waals surface area contributed by atoms with Crippen LogP contribution in [0.4, 0.5) is 0 Å². The summed E-state index contributed by atoms with van der Waals surface area (Å²) in [6, 6.07) is 0. The van der Waals surface area contributed by atoms with Gasteiger partial charge in [0.1, 0.15) is 0 Å². The van der Waals surface area contributed by atoms with Gasteiger partial charge in [-0.2, -0.15) is 0 Å². The minimum absolute atomic E-state index is 1.33. The van der Waals surface area contributed by atoms with E-state index in [4.69, 9.17) is 0 Å². The highest BCUT2D eigenvalue weighted by atomic mass is 15.3. The molecule has 0 bridgehead atoms. The van der Waals surface area contributed by atoms with Gasteiger partial charge >= 0.3 is 0 Å². The number of rotatable bonds is 8. The SMILES string of the molecule is C=NC.CCC[N+](CCC)(CCC)CCC. The van der Waals surface area contributed by atoms with Crippen LogP contribution in [-0.4, -0.2) is 44.4 Å². The third kappa shape index (κ3) is 8.90. The van der Waals surface area contributed by atoms with Gasteiger partial charge in [-0.25, -0.2) is 0 Å². The molecule has 0 aromatic rings. The number of hydrogen-bond acceptors (Lipinski definition) is 1. The first-order valence-electron chi connectivity index (χ1n) is 6.86. The molecule has 16 heavy (non-hydrogen) atoms. The Hall–Kier alpha value is -0.370. The molecule has 0 spiro atoms. The first-order valence-corrected chi connectivity index (χ1v) is 6.86. The molecule has 0 fully saturated rings. The first kappa shape index (κ1) is 18.0. The summed E-state index contributed by atoms with van der Waals surface area (Å²) in [6.07, 6.45) is 5.33. The molecule has 98 valence electrons. The van der Waals surface area contributed by atoms with Crippen molar-refractivity contribution in [1.82, 2.24) is 0 Å². The van der Waals surface area contributed by atoms with E-state index in [0.717, 1.165) is 0 Å². The maximum Gasteiger partial charge on any atom is 0.0783 e. The second-order valence-electron chi connectivity index (χ2n) is 4.55. The van der Waals surface area contributed by atoms with Crippen molar-refractivity contribution in [2.24, 2.45) is 4.99 Å².